The highest BCUT2D eigenvalue weighted by atomic mass is 79.9. The van der Waals surface area contributed by atoms with Gasteiger partial charge in [0.2, 0.25) is 0 Å². The number of benzene rings is 1. The average Bonchev–Trinajstić information content (AvgIpc) is 2.58. The fourth-order valence-electron chi connectivity index (χ4n) is 1.66. The number of hydrogen-bond donors (Lipinski definition) is 2. The lowest BCUT2D eigenvalue weighted by molar-refractivity contribution is 1.02. The van der Waals surface area contributed by atoms with Crippen molar-refractivity contribution >= 4 is 33.2 Å². The molecule has 0 aliphatic carbocycles. The van der Waals surface area contributed by atoms with E-state index in [1.165, 1.54) is 0 Å². The van der Waals surface area contributed by atoms with E-state index in [9.17, 15) is 0 Å². The summed E-state index contributed by atoms with van der Waals surface area (Å²) >= 11 is 9.55. The maximum Gasteiger partial charge on any atom is 0.0825 e. The second-order valence-corrected chi connectivity index (χ2v) is 5.22. The monoisotopic (exact) mass is 313 g/mol. The third-order valence-electron chi connectivity index (χ3n) is 2.60. The Morgan fingerprint density at radius 2 is 2.18 bits per heavy atom. The number of halogens is 2. The first kappa shape index (κ1) is 12.5. The van der Waals surface area contributed by atoms with E-state index in [-0.39, 0.29) is 0 Å². The van der Waals surface area contributed by atoms with Crippen LogP contribution in [0.2, 0.25) is 5.02 Å². The summed E-state index contributed by atoms with van der Waals surface area (Å²) in [5, 5.41) is 11.2. The molecule has 0 unspecified atom stereocenters. The first-order chi connectivity index (χ1) is 8.08. The largest absolute Gasteiger partial charge is 0.378 e. The van der Waals surface area contributed by atoms with Gasteiger partial charge in [0.15, 0.2) is 0 Å². The molecule has 0 saturated heterocycles. The number of anilines is 1. The Bertz CT molecular complexity index is 517. The molecule has 1 aromatic heterocycles. The summed E-state index contributed by atoms with van der Waals surface area (Å²) in [7, 11) is 0. The Hall–Kier alpha value is -1.000. The van der Waals surface area contributed by atoms with E-state index in [2.05, 4.69) is 31.4 Å². The highest BCUT2D eigenvalue weighted by Gasteiger charge is 2.06. The smallest absolute Gasteiger partial charge is 0.0825 e. The molecule has 17 heavy (non-hydrogen) atoms. The molecule has 0 fully saturated rings. The molecule has 2 rings (SSSR count). The molecule has 5 heteroatoms. The summed E-state index contributed by atoms with van der Waals surface area (Å²) < 4.78 is 0.988. The van der Waals surface area contributed by atoms with E-state index in [1.54, 1.807) is 0 Å². The summed E-state index contributed by atoms with van der Waals surface area (Å²) in [5.41, 5.74) is 4.12. The van der Waals surface area contributed by atoms with Crippen molar-refractivity contribution in [2.75, 3.05) is 5.32 Å². The second kappa shape index (κ2) is 5.10. The van der Waals surface area contributed by atoms with E-state index in [0.29, 0.717) is 6.54 Å². The number of nitrogens with zero attached hydrogens (tertiary/aromatic N) is 1. The van der Waals surface area contributed by atoms with Crippen LogP contribution in [0.1, 0.15) is 17.0 Å². The predicted octanol–water partition coefficient (Wildman–Crippen LogP) is 4.05. The van der Waals surface area contributed by atoms with Crippen molar-refractivity contribution in [1.82, 2.24) is 10.2 Å². The molecule has 0 aliphatic heterocycles. The standard InChI is InChI=1S/C12H13BrClN3/c1-7-12(8(2)17-16-7)15-6-9-3-4-10(13)5-11(9)14/h3-5,15H,6H2,1-2H3,(H,16,17). The first-order valence-electron chi connectivity index (χ1n) is 5.27. The van der Waals surface area contributed by atoms with Crippen molar-refractivity contribution in [3.05, 3.63) is 44.6 Å². The molecule has 0 bridgehead atoms. The van der Waals surface area contributed by atoms with Gasteiger partial charge in [-0.1, -0.05) is 33.6 Å². The Kier molecular flexibility index (Phi) is 3.74. The van der Waals surface area contributed by atoms with Crippen LogP contribution in [0.4, 0.5) is 5.69 Å². The summed E-state index contributed by atoms with van der Waals surface area (Å²) in [6.45, 7) is 4.65. The topological polar surface area (TPSA) is 40.7 Å². The Morgan fingerprint density at radius 1 is 1.41 bits per heavy atom. The number of nitrogens with one attached hydrogen (secondary N) is 2. The number of H-pyrrole nitrogens is 1. The van der Waals surface area contributed by atoms with Crippen molar-refractivity contribution < 1.29 is 0 Å². The van der Waals surface area contributed by atoms with Crippen LogP contribution in [-0.2, 0) is 6.54 Å². The van der Waals surface area contributed by atoms with Crippen molar-refractivity contribution in [2.45, 2.75) is 20.4 Å². The van der Waals surface area contributed by atoms with Gasteiger partial charge in [0.05, 0.1) is 17.1 Å². The van der Waals surface area contributed by atoms with Crippen molar-refractivity contribution in [1.29, 1.82) is 0 Å². The lowest BCUT2D eigenvalue weighted by Gasteiger charge is -2.08. The predicted molar refractivity (Wildman–Crippen MR) is 74.5 cm³/mol. The van der Waals surface area contributed by atoms with Gasteiger partial charge >= 0.3 is 0 Å². The molecule has 0 radical (unpaired) electrons. The molecule has 1 heterocycles. The van der Waals surface area contributed by atoms with Gasteiger partial charge in [-0.25, -0.2) is 0 Å². The summed E-state index contributed by atoms with van der Waals surface area (Å²) in [5.74, 6) is 0. The molecule has 0 saturated carbocycles. The van der Waals surface area contributed by atoms with Gasteiger partial charge in [0, 0.05) is 16.0 Å². The van der Waals surface area contributed by atoms with Crippen LogP contribution in [0.5, 0.6) is 0 Å². The lowest BCUT2D eigenvalue weighted by Crippen LogP contribution is -2.01. The second-order valence-electron chi connectivity index (χ2n) is 3.90. The van der Waals surface area contributed by atoms with Gasteiger partial charge in [-0.05, 0) is 31.5 Å². The van der Waals surface area contributed by atoms with Gasteiger partial charge in [-0.2, -0.15) is 5.10 Å². The SMILES string of the molecule is Cc1n[nH]c(C)c1NCc1ccc(Br)cc1Cl. The molecule has 0 amide bonds. The molecule has 0 atom stereocenters. The van der Waals surface area contributed by atoms with Crippen LogP contribution < -0.4 is 5.32 Å². The summed E-state index contributed by atoms with van der Waals surface area (Å²) in [6, 6.07) is 5.88. The van der Waals surface area contributed by atoms with E-state index >= 15 is 0 Å². The van der Waals surface area contributed by atoms with Gasteiger partial charge < -0.3 is 5.32 Å². The number of hydrogen-bond acceptors (Lipinski definition) is 2. The molecule has 90 valence electrons. The van der Waals surface area contributed by atoms with Crippen LogP contribution in [0.25, 0.3) is 0 Å². The summed E-state index contributed by atoms with van der Waals surface area (Å²) in [6.07, 6.45) is 0. The first-order valence-corrected chi connectivity index (χ1v) is 6.44. The van der Waals surface area contributed by atoms with E-state index < -0.39 is 0 Å². The summed E-state index contributed by atoms with van der Waals surface area (Å²) in [4.78, 5) is 0. The zero-order valence-electron chi connectivity index (χ0n) is 9.64. The molecule has 2 N–H and O–H groups in total. The quantitative estimate of drug-likeness (QED) is 0.897. The fourth-order valence-corrected chi connectivity index (χ4v) is 2.40. The Labute approximate surface area is 114 Å². The van der Waals surface area contributed by atoms with Gasteiger partial charge in [0.1, 0.15) is 0 Å². The molecule has 2 aromatic rings. The number of aromatic amines is 1. The molecule has 1 aromatic carbocycles. The molecule has 3 nitrogen and oxygen atoms in total. The van der Waals surface area contributed by atoms with Crippen LogP contribution in [0.15, 0.2) is 22.7 Å². The number of aryl methyl sites for hydroxylation is 2. The van der Waals surface area contributed by atoms with Crippen LogP contribution in [-0.4, -0.2) is 10.2 Å². The molecule has 0 spiro atoms. The Balaban J connectivity index is 2.13. The number of rotatable bonds is 3. The maximum atomic E-state index is 6.16. The maximum absolute atomic E-state index is 6.16. The highest BCUT2D eigenvalue weighted by molar-refractivity contribution is 9.10. The van der Waals surface area contributed by atoms with E-state index in [4.69, 9.17) is 11.6 Å². The zero-order valence-corrected chi connectivity index (χ0v) is 12.0. The van der Waals surface area contributed by atoms with Crippen molar-refractivity contribution in [3.8, 4) is 0 Å². The normalized spacial score (nSPS) is 10.6. The molecule has 0 aliphatic rings. The average molecular weight is 315 g/mol. The van der Waals surface area contributed by atoms with Crippen LogP contribution in [0.3, 0.4) is 0 Å². The minimum Gasteiger partial charge on any atom is -0.378 e. The minimum absolute atomic E-state index is 0.688. The van der Waals surface area contributed by atoms with Crippen LogP contribution >= 0.6 is 27.5 Å². The van der Waals surface area contributed by atoms with E-state index in [1.807, 2.05) is 32.0 Å². The van der Waals surface area contributed by atoms with Gasteiger partial charge in [-0.3, -0.25) is 5.10 Å². The molecular formula is C12H13BrClN3. The van der Waals surface area contributed by atoms with Gasteiger partial charge in [0.25, 0.3) is 0 Å². The van der Waals surface area contributed by atoms with Crippen molar-refractivity contribution in [3.63, 3.8) is 0 Å². The minimum atomic E-state index is 0.688. The number of aromatic nitrogens is 2. The van der Waals surface area contributed by atoms with Crippen molar-refractivity contribution in [2.24, 2.45) is 0 Å². The van der Waals surface area contributed by atoms with E-state index in [0.717, 1.165) is 32.1 Å². The third-order valence-corrected chi connectivity index (χ3v) is 3.44. The fraction of sp³-hybridized carbons (Fsp3) is 0.250. The van der Waals surface area contributed by atoms with Gasteiger partial charge in [-0.15, -0.1) is 0 Å². The molecular weight excluding hydrogens is 302 g/mol. The lowest BCUT2D eigenvalue weighted by atomic mass is 10.2. The van der Waals surface area contributed by atoms with Crippen LogP contribution in [0, 0.1) is 13.8 Å². The third kappa shape index (κ3) is 2.82. The zero-order chi connectivity index (χ0) is 12.4. The Morgan fingerprint density at radius 3 is 2.76 bits per heavy atom. The highest BCUT2D eigenvalue weighted by Crippen LogP contribution is 2.23.